The maximum absolute atomic E-state index is 13.7. The van der Waals surface area contributed by atoms with Crippen LogP contribution in [0.3, 0.4) is 0 Å². The van der Waals surface area contributed by atoms with Crippen LogP contribution in [-0.2, 0) is 26.2 Å². The molecule has 0 heterocycles. The average Bonchev–Trinajstić information content (AvgIpc) is 2.84. The molecule has 0 fully saturated rings. The second-order valence-corrected chi connectivity index (χ2v) is 11.4. The van der Waals surface area contributed by atoms with Crippen molar-refractivity contribution in [3.8, 4) is 5.75 Å². The summed E-state index contributed by atoms with van der Waals surface area (Å²) < 4.78 is 31.9. The predicted octanol–water partition coefficient (Wildman–Crippen LogP) is 4.88. The van der Waals surface area contributed by atoms with Crippen LogP contribution >= 0.6 is 23.2 Å². The monoisotopic (exact) mass is 571 g/mol. The van der Waals surface area contributed by atoms with Crippen LogP contribution in [0.15, 0.2) is 42.5 Å². The summed E-state index contributed by atoms with van der Waals surface area (Å²) in [6, 6.07) is 10.5. The SMILES string of the molecule is CCOc1ccc(N(CC(=O)N(Cc2ccc(Cl)c(Cl)c2)C(CC)C(=O)NC(C)CC)S(C)(=O)=O)cc1. The molecule has 0 spiro atoms. The Morgan fingerprint density at radius 2 is 1.65 bits per heavy atom. The fourth-order valence-corrected chi connectivity index (χ4v) is 4.85. The van der Waals surface area contributed by atoms with Gasteiger partial charge in [0.1, 0.15) is 18.3 Å². The van der Waals surface area contributed by atoms with Crippen molar-refractivity contribution < 1.29 is 22.7 Å². The van der Waals surface area contributed by atoms with Gasteiger partial charge >= 0.3 is 0 Å². The predicted molar refractivity (Wildman–Crippen MR) is 149 cm³/mol. The van der Waals surface area contributed by atoms with Crippen LogP contribution in [0.5, 0.6) is 5.75 Å². The molecule has 1 N–H and O–H groups in total. The van der Waals surface area contributed by atoms with Gasteiger partial charge in [0.25, 0.3) is 0 Å². The van der Waals surface area contributed by atoms with Crippen molar-refractivity contribution in [3.63, 3.8) is 0 Å². The van der Waals surface area contributed by atoms with Gasteiger partial charge in [-0.3, -0.25) is 13.9 Å². The minimum Gasteiger partial charge on any atom is -0.494 e. The molecular weight excluding hydrogens is 537 g/mol. The van der Waals surface area contributed by atoms with Gasteiger partial charge in [-0.2, -0.15) is 0 Å². The van der Waals surface area contributed by atoms with E-state index in [2.05, 4.69) is 5.32 Å². The van der Waals surface area contributed by atoms with E-state index in [0.29, 0.717) is 40.1 Å². The molecular formula is C26H35Cl2N3O5S. The zero-order valence-corrected chi connectivity index (χ0v) is 24.2. The van der Waals surface area contributed by atoms with Crippen molar-refractivity contribution in [1.82, 2.24) is 10.2 Å². The number of sulfonamides is 1. The molecule has 2 aromatic rings. The largest absolute Gasteiger partial charge is 0.494 e. The summed E-state index contributed by atoms with van der Waals surface area (Å²) in [5, 5.41) is 3.61. The molecule has 2 amide bonds. The van der Waals surface area contributed by atoms with Gasteiger partial charge in [-0.15, -0.1) is 0 Å². The number of anilines is 1. The molecule has 0 aliphatic rings. The van der Waals surface area contributed by atoms with Gasteiger partial charge in [0.15, 0.2) is 0 Å². The summed E-state index contributed by atoms with van der Waals surface area (Å²) in [6.45, 7) is 7.51. The summed E-state index contributed by atoms with van der Waals surface area (Å²) >= 11 is 12.2. The van der Waals surface area contributed by atoms with Gasteiger partial charge in [0.05, 0.1) is 28.6 Å². The molecule has 0 aliphatic carbocycles. The van der Waals surface area contributed by atoms with E-state index in [1.54, 1.807) is 49.4 Å². The Kier molecular flexibility index (Phi) is 11.5. The zero-order valence-electron chi connectivity index (χ0n) is 21.8. The van der Waals surface area contributed by atoms with Crippen LogP contribution in [0.1, 0.15) is 46.1 Å². The van der Waals surface area contributed by atoms with E-state index in [4.69, 9.17) is 27.9 Å². The summed E-state index contributed by atoms with van der Waals surface area (Å²) in [4.78, 5) is 28.3. The Bertz CT molecular complexity index is 1180. The van der Waals surface area contributed by atoms with Crippen molar-refractivity contribution in [2.24, 2.45) is 0 Å². The Labute approximate surface area is 229 Å². The smallest absolute Gasteiger partial charge is 0.244 e. The lowest BCUT2D eigenvalue weighted by Gasteiger charge is -2.33. The lowest BCUT2D eigenvalue weighted by atomic mass is 10.1. The Balaban J connectivity index is 2.44. The number of carbonyl (C=O) groups excluding carboxylic acids is 2. The number of nitrogens with zero attached hydrogens (tertiary/aromatic N) is 2. The number of carbonyl (C=O) groups is 2. The Morgan fingerprint density at radius 1 is 1.00 bits per heavy atom. The molecule has 0 aliphatic heterocycles. The molecule has 0 aromatic heterocycles. The number of amides is 2. The molecule has 2 unspecified atom stereocenters. The van der Waals surface area contributed by atoms with E-state index >= 15 is 0 Å². The number of benzene rings is 2. The van der Waals surface area contributed by atoms with Crippen molar-refractivity contribution in [2.75, 3.05) is 23.7 Å². The van der Waals surface area contributed by atoms with Crippen molar-refractivity contribution in [3.05, 3.63) is 58.1 Å². The molecule has 204 valence electrons. The van der Waals surface area contributed by atoms with Crippen molar-refractivity contribution >= 4 is 50.7 Å². The minimum absolute atomic E-state index is 0.0447. The van der Waals surface area contributed by atoms with Gasteiger partial charge in [-0.05, 0) is 68.7 Å². The van der Waals surface area contributed by atoms with Crippen LogP contribution < -0.4 is 14.4 Å². The highest BCUT2D eigenvalue weighted by molar-refractivity contribution is 7.92. The van der Waals surface area contributed by atoms with Gasteiger partial charge in [-0.25, -0.2) is 8.42 Å². The molecule has 2 rings (SSSR count). The highest BCUT2D eigenvalue weighted by atomic mass is 35.5. The fraction of sp³-hybridized carbons (Fsp3) is 0.462. The maximum Gasteiger partial charge on any atom is 0.244 e. The van der Waals surface area contributed by atoms with E-state index in [1.165, 1.54) is 4.90 Å². The maximum atomic E-state index is 13.7. The number of hydrogen-bond acceptors (Lipinski definition) is 5. The molecule has 2 aromatic carbocycles. The quantitative estimate of drug-likeness (QED) is 0.369. The first-order chi connectivity index (χ1) is 17.4. The van der Waals surface area contributed by atoms with Crippen LogP contribution in [0, 0.1) is 0 Å². The Morgan fingerprint density at radius 3 is 2.16 bits per heavy atom. The third kappa shape index (κ3) is 8.79. The highest BCUT2D eigenvalue weighted by Gasteiger charge is 2.32. The third-order valence-electron chi connectivity index (χ3n) is 5.84. The molecule has 0 bridgehead atoms. The molecule has 0 saturated heterocycles. The first-order valence-electron chi connectivity index (χ1n) is 12.2. The second-order valence-electron chi connectivity index (χ2n) is 8.71. The van der Waals surface area contributed by atoms with Gasteiger partial charge in [0, 0.05) is 12.6 Å². The molecule has 2 atom stereocenters. The lowest BCUT2D eigenvalue weighted by Crippen LogP contribution is -2.53. The highest BCUT2D eigenvalue weighted by Crippen LogP contribution is 2.25. The molecule has 37 heavy (non-hydrogen) atoms. The number of rotatable bonds is 13. The lowest BCUT2D eigenvalue weighted by molar-refractivity contribution is -0.140. The van der Waals surface area contributed by atoms with Crippen LogP contribution in [0.2, 0.25) is 10.0 Å². The first kappa shape index (κ1) is 30.7. The fourth-order valence-electron chi connectivity index (χ4n) is 3.68. The van der Waals surface area contributed by atoms with Crippen LogP contribution in [-0.4, -0.2) is 56.6 Å². The Hall–Kier alpha value is -2.49. The van der Waals surface area contributed by atoms with Gasteiger partial charge in [0.2, 0.25) is 21.8 Å². The third-order valence-corrected chi connectivity index (χ3v) is 7.72. The average molecular weight is 573 g/mol. The summed E-state index contributed by atoms with van der Waals surface area (Å²) in [6.07, 6.45) is 2.09. The van der Waals surface area contributed by atoms with Gasteiger partial charge < -0.3 is 15.0 Å². The first-order valence-corrected chi connectivity index (χ1v) is 14.8. The van der Waals surface area contributed by atoms with E-state index in [9.17, 15) is 18.0 Å². The minimum atomic E-state index is -3.83. The van der Waals surface area contributed by atoms with Crippen LogP contribution in [0.25, 0.3) is 0 Å². The molecule has 11 heteroatoms. The number of hydrogen-bond donors (Lipinski definition) is 1. The number of ether oxygens (including phenoxy) is 1. The number of halogens is 2. The normalized spacial score (nSPS) is 12.9. The van der Waals surface area contributed by atoms with Gasteiger partial charge in [-0.1, -0.05) is 43.1 Å². The topological polar surface area (TPSA) is 96.0 Å². The summed E-state index contributed by atoms with van der Waals surface area (Å²) in [7, 11) is -3.83. The standard InChI is InChI=1S/C26H35Cl2N3O5S/c1-6-18(4)29-26(33)24(7-2)30(16-19-9-14-22(27)23(28)15-19)25(32)17-31(37(5,34)35)20-10-12-21(13-11-20)36-8-3/h9-15,18,24H,6-8,16-17H2,1-5H3,(H,29,33). The second kappa shape index (κ2) is 13.9. The zero-order chi connectivity index (χ0) is 27.8. The number of nitrogens with one attached hydrogen (secondary N) is 1. The van der Waals surface area contributed by atoms with Crippen molar-refractivity contribution in [1.29, 1.82) is 0 Å². The van der Waals surface area contributed by atoms with E-state index in [0.717, 1.165) is 17.0 Å². The van der Waals surface area contributed by atoms with E-state index in [1.807, 2.05) is 20.8 Å². The van der Waals surface area contributed by atoms with Crippen molar-refractivity contribution in [2.45, 2.75) is 59.2 Å². The summed E-state index contributed by atoms with van der Waals surface area (Å²) in [5.41, 5.74) is 0.968. The van der Waals surface area contributed by atoms with E-state index in [-0.39, 0.29) is 18.5 Å². The molecule has 0 radical (unpaired) electrons. The molecule has 0 saturated carbocycles. The molecule has 8 nitrogen and oxygen atoms in total. The van der Waals surface area contributed by atoms with Crippen LogP contribution in [0.4, 0.5) is 5.69 Å². The summed E-state index contributed by atoms with van der Waals surface area (Å²) in [5.74, 6) is -0.256. The van der Waals surface area contributed by atoms with E-state index < -0.39 is 28.5 Å².